The predicted octanol–water partition coefficient (Wildman–Crippen LogP) is 3.73. The van der Waals surface area contributed by atoms with Gasteiger partial charge in [-0.2, -0.15) is 5.10 Å². The van der Waals surface area contributed by atoms with Gasteiger partial charge in [0, 0.05) is 17.3 Å². The van der Waals surface area contributed by atoms with Crippen molar-refractivity contribution in [2.75, 3.05) is 5.32 Å². The first kappa shape index (κ1) is 18.6. The SMILES string of the molecule is CCc1cccc(NC(=O)Cn2nc(-c3ccc(C)c(C)c3)ccc2=O)c1. The van der Waals surface area contributed by atoms with E-state index >= 15 is 0 Å². The molecule has 0 saturated heterocycles. The number of carbonyl (C=O) groups is 1. The van der Waals surface area contributed by atoms with Crippen LogP contribution in [0.2, 0.25) is 0 Å². The molecule has 0 fully saturated rings. The van der Waals surface area contributed by atoms with Crippen molar-refractivity contribution in [3.63, 3.8) is 0 Å². The number of aromatic nitrogens is 2. The number of hydrogen-bond donors (Lipinski definition) is 1. The topological polar surface area (TPSA) is 64.0 Å². The van der Waals surface area contributed by atoms with E-state index in [1.54, 1.807) is 6.07 Å². The highest BCUT2D eigenvalue weighted by molar-refractivity contribution is 5.90. The third-order valence-electron chi connectivity index (χ3n) is 4.58. The highest BCUT2D eigenvalue weighted by atomic mass is 16.2. The molecule has 0 spiro atoms. The molecule has 3 aromatic rings. The van der Waals surface area contributed by atoms with Crippen molar-refractivity contribution in [1.29, 1.82) is 0 Å². The second-order valence-corrected chi connectivity index (χ2v) is 6.62. The molecule has 0 atom stereocenters. The zero-order chi connectivity index (χ0) is 19.4. The largest absolute Gasteiger partial charge is 0.324 e. The molecule has 0 aliphatic heterocycles. The highest BCUT2D eigenvalue weighted by Gasteiger charge is 2.09. The smallest absolute Gasteiger partial charge is 0.267 e. The zero-order valence-electron chi connectivity index (χ0n) is 15.8. The molecule has 0 radical (unpaired) electrons. The first-order valence-electron chi connectivity index (χ1n) is 9.01. The minimum Gasteiger partial charge on any atom is -0.324 e. The number of aryl methyl sites for hydroxylation is 3. The lowest BCUT2D eigenvalue weighted by molar-refractivity contribution is -0.117. The summed E-state index contributed by atoms with van der Waals surface area (Å²) in [5, 5.41) is 7.20. The molecule has 1 amide bonds. The Morgan fingerprint density at radius 2 is 1.85 bits per heavy atom. The van der Waals surface area contributed by atoms with Crippen LogP contribution in [0, 0.1) is 13.8 Å². The Kier molecular flexibility index (Phi) is 5.50. The van der Waals surface area contributed by atoms with Crippen LogP contribution >= 0.6 is 0 Å². The molecule has 0 unspecified atom stereocenters. The zero-order valence-corrected chi connectivity index (χ0v) is 15.8. The first-order valence-corrected chi connectivity index (χ1v) is 9.01. The van der Waals surface area contributed by atoms with Gasteiger partial charge in [-0.3, -0.25) is 9.59 Å². The van der Waals surface area contributed by atoms with Crippen molar-refractivity contribution in [3.8, 4) is 11.3 Å². The van der Waals surface area contributed by atoms with Crippen molar-refractivity contribution < 1.29 is 4.79 Å². The van der Waals surface area contributed by atoms with Crippen LogP contribution < -0.4 is 10.9 Å². The minimum absolute atomic E-state index is 0.131. The number of amides is 1. The normalized spacial score (nSPS) is 10.6. The third kappa shape index (κ3) is 4.50. The summed E-state index contributed by atoms with van der Waals surface area (Å²) in [6, 6.07) is 16.8. The molecule has 0 aliphatic rings. The molecule has 0 bridgehead atoms. The Morgan fingerprint density at radius 1 is 1.04 bits per heavy atom. The van der Waals surface area contributed by atoms with E-state index < -0.39 is 0 Å². The molecule has 3 rings (SSSR count). The summed E-state index contributed by atoms with van der Waals surface area (Å²) in [7, 11) is 0. The van der Waals surface area contributed by atoms with Crippen LogP contribution in [-0.4, -0.2) is 15.7 Å². The van der Waals surface area contributed by atoms with Gasteiger partial charge in [0.05, 0.1) is 5.69 Å². The van der Waals surface area contributed by atoms with E-state index in [1.807, 2.05) is 56.3 Å². The van der Waals surface area contributed by atoms with E-state index in [0.29, 0.717) is 5.69 Å². The molecule has 5 nitrogen and oxygen atoms in total. The van der Waals surface area contributed by atoms with Crippen molar-refractivity contribution in [3.05, 3.63) is 81.6 Å². The van der Waals surface area contributed by atoms with Crippen molar-refractivity contribution in [1.82, 2.24) is 9.78 Å². The predicted molar refractivity (Wildman–Crippen MR) is 108 cm³/mol. The Balaban J connectivity index is 1.80. The van der Waals surface area contributed by atoms with Gasteiger partial charge in [0.2, 0.25) is 5.91 Å². The Bertz CT molecular complexity index is 1040. The summed E-state index contributed by atoms with van der Waals surface area (Å²) in [6.45, 7) is 6.01. The summed E-state index contributed by atoms with van der Waals surface area (Å²) in [6.07, 6.45) is 0.892. The molecule has 138 valence electrons. The fourth-order valence-corrected chi connectivity index (χ4v) is 2.82. The third-order valence-corrected chi connectivity index (χ3v) is 4.58. The molecular formula is C22H23N3O2. The molecular weight excluding hydrogens is 338 g/mol. The number of hydrogen-bond acceptors (Lipinski definition) is 3. The quantitative estimate of drug-likeness (QED) is 0.753. The second kappa shape index (κ2) is 7.99. The molecule has 27 heavy (non-hydrogen) atoms. The summed E-state index contributed by atoms with van der Waals surface area (Å²) in [5.41, 5.74) is 5.49. The number of anilines is 1. The van der Waals surface area contributed by atoms with E-state index in [0.717, 1.165) is 28.8 Å². The molecule has 5 heteroatoms. The second-order valence-electron chi connectivity index (χ2n) is 6.62. The molecule has 1 heterocycles. The van der Waals surface area contributed by atoms with Crippen LogP contribution in [0.4, 0.5) is 5.69 Å². The maximum Gasteiger partial charge on any atom is 0.267 e. The maximum absolute atomic E-state index is 12.4. The fraction of sp³-hybridized carbons (Fsp3) is 0.227. The van der Waals surface area contributed by atoms with Gasteiger partial charge >= 0.3 is 0 Å². The number of benzene rings is 2. The van der Waals surface area contributed by atoms with Crippen molar-refractivity contribution >= 4 is 11.6 Å². The van der Waals surface area contributed by atoms with Crippen molar-refractivity contribution in [2.45, 2.75) is 33.7 Å². The summed E-state index contributed by atoms with van der Waals surface area (Å²) in [5.74, 6) is -0.282. The van der Waals surface area contributed by atoms with E-state index in [4.69, 9.17) is 0 Å². The highest BCUT2D eigenvalue weighted by Crippen LogP contribution is 2.19. The maximum atomic E-state index is 12.4. The van der Waals surface area contributed by atoms with Crippen LogP contribution in [0.25, 0.3) is 11.3 Å². The number of carbonyl (C=O) groups excluding carboxylic acids is 1. The fourth-order valence-electron chi connectivity index (χ4n) is 2.82. The molecule has 1 aromatic heterocycles. The van der Waals surface area contributed by atoms with Gasteiger partial charge in [0.1, 0.15) is 6.54 Å². The molecule has 0 aliphatic carbocycles. The van der Waals surface area contributed by atoms with E-state index in [9.17, 15) is 9.59 Å². The lowest BCUT2D eigenvalue weighted by Gasteiger charge is -2.10. The van der Waals surface area contributed by atoms with Crippen LogP contribution in [0.15, 0.2) is 59.4 Å². The first-order chi connectivity index (χ1) is 13.0. The molecule has 1 N–H and O–H groups in total. The minimum atomic E-state index is -0.306. The Hall–Kier alpha value is -3.21. The van der Waals surface area contributed by atoms with E-state index in [2.05, 4.69) is 17.3 Å². The van der Waals surface area contributed by atoms with Gasteiger partial charge in [-0.15, -0.1) is 0 Å². The lowest BCUT2D eigenvalue weighted by Crippen LogP contribution is -2.29. The standard InChI is InChI=1S/C22H23N3O2/c1-4-17-6-5-7-19(13-17)23-21(26)14-25-22(27)11-10-20(24-25)18-9-8-15(2)16(3)12-18/h5-13H,4,14H2,1-3H3,(H,23,26). The summed E-state index contributed by atoms with van der Waals surface area (Å²) >= 11 is 0. The monoisotopic (exact) mass is 361 g/mol. The van der Waals surface area contributed by atoms with Gasteiger partial charge in [0.25, 0.3) is 5.56 Å². The molecule has 2 aromatic carbocycles. The number of nitrogens with zero attached hydrogens (tertiary/aromatic N) is 2. The van der Waals surface area contributed by atoms with Gasteiger partial charge in [-0.1, -0.05) is 31.2 Å². The summed E-state index contributed by atoms with van der Waals surface area (Å²) < 4.78 is 1.20. The Labute approximate surface area is 158 Å². The number of rotatable bonds is 5. The van der Waals surface area contributed by atoms with Gasteiger partial charge < -0.3 is 5.32 Å². The van der Waals surface area contributed by atoms with Crippen LogP contribution in [-0.2, 0) is 17.8 Å². The lowest BCUT2D eigenvalue weighted by atomic mass is 10.0. The molecule has 0 saturated carbocycles. The van der Waals surface area contributed by atoms with Crippen LogP contribution in [0.3, 0.4) is 0 Å². The number of nitrogens with one attached hydrogen (secondary N) is 1. The van der Waals surface area contributed by atoms with Crippen LogP contribution in [0.1, 0.15) is 23.6 Å². The van der Waals surface area contributed by atoms with Crippen LogP contribution in [0.5, 0.6) is 0 Å². The van der Waals surface area contributed by atoms with Crippen molar-refractivity contribution in [2.24, 2.45) is 0 Å². The van der Waals surface area contributed by atoms with E-state index in [1.165, 1.54) is 16.3 Å². The van der Waals surface area contributed by atoms with E-state index in [-0.39, 0.29) is 18.0 Å². The summed E-state index contributed by atoms with van der Waals surface area (Å²) in [4.78, 5) is 24.5. The average Bonchev–Trinajstić information content (AvgIpc) is 2.66. The van der Waals surface area contributed by atoms with Gasteiger partial charge in [-0.25, -0.2) is 4.68 Å². The average molecular weight is 361 g/mol. The Morgan fingerprint density at radius 3 is 2.59 bits per heavy atom. The van der Waals surface area contributed by atoms with Gasteiger partial charge in [0.15, 0.2) is 0 Å². The van der Waals surface area contributed by atoms with Gasteiger partial charge in [-0.05, 0) is 61.2 Å².